The van der Waals surface area contributed by atoms with Crippen molar-refractivity contribution in [2.24, 2.45) is 0 Å². The second-order valence-corrected chi connectivity index (χ2v) is 13.0. The quantitative estimate of drug-likeness (QED) is 0.173. The Bertz CT molecular complexity index is 3580. The average Bonchev–Trinajstić information content (AvgIpc) is 3.66. The summed E-state index contributed by atoms with van der Waals surface area (Å²) in [6, 6.07) is 40.7. The average molecular weight is 655 g/mol. The van der Waals surface area contributed by atoms with Gasteiger partial charge in [0.15, 0.2) is 0 Å². The van der Waals surface area contributed by atoms with Crippen molar-refractivity contribution in [1.82, 2.24) is 0 Å². The summed E-state index contributed by atoms with van der Waals surface area (Å²) in [5.74, 6) is 0. The van der Waals surface area contributed by atoms with Crippen molar-refractivity contribution in [2.75, 3.05) is 0 Å². The minimum Gasteiger partial charge on any atom is -0.456 e. The van der Waals surface area contributed by atoms with Gasteiger partial charge in [0.1, 0.15) is 11.2 Å². The van der Waals surface area contributed by atoms with Crippen LogP contribution in [0, 0.1) is 0 Å². The van der Waals surface area contributed by atoms with Crippen LogP contribution in [0.2, 0.25) is 0 Å². The largest absolute Gasteiger partial charge is 0.456 e. The highest BCUT2D eigenvalue weighted by Crippen LogP contribution is 2.47. The van der Waals surface area contributed by atoms with E-state index in [1.165, 1.54) is 0 Å². The van der Waals surface area contributed by atoms with Crippen molar-refractivity contribution < 1.29 is 15.4 Å². The van der Waals surface area contributed by atoms with Crippen LogP contribution in [0.15, 0.2) is 186 Å². The summed E-state index contributed by atoms with van der Waals surface area (Å²) in [5.41, 5.74) is 5.02. The first-order valence-electron chi connectivity index (χ1n) is 20.9. The minimum absolute atomic E-state index is 0.182. The summed E-state index contributed by atoms with van der Waals surface area (Å²) in [4.78, 5) is 0. The number of furan rings is 1. The molecule has 11 aromatic rings. The molecule has 0 radical (unpaired) electrons. The van der Waals surface area contributed by atoms with Crippen LogP contribution in [-0.4, -0.2) is 0 Å². The fraction of sp³-hybridized carbons (Fsp3) is 0. The van der Waals surface area contributed by atoms with Crippen molar-refractivity contribution in [1.29, 1.82) is 0 Å². The minimum atomic E-state index is -0.432. The molecule has 51 heavy (non-hydrogen) atoms. The molecule has 0 N–H and O–H groups in total. The number of benzene rings is 10. The Balaban J connectivity index is 1.32. The third kappa shape index (κ3) is 4.28. The molecule has 1 heteroatoms. The topological polar surface area (TPSA) is 13.1 Å². The van der Waals surface area contributed by atoms with Crippen LogP contribution in [0.5, 0.6) is 0 Å². The molecule has 0 bridgehead atoms. The van der Waals surface area contributed by atoms with E-state index in [2.05, 4.69) is 30.3 Å². The highest BCUT2D eigenvalue weighted by Gasteiger charge is 2.20. The molecule has 10 aromatic carbocycles. The molecule has 236 valence electrons. The van der Waals surface area contributed by atoms with Gasteiger partial charge in [-0.3, -0.25) is 0 Å². The van der Waals surface area contributed by atoms with Crippen LogP contribution in [0.3, 0.4) is 0 Å². The standard InChI is InChI=1S/C50H30O/c1-2-13-33-27-36(22-21-31(33)11-1)48-40-17-7-9-19-42(40)49(43-20-10-8-18-41(43)48)44-30-37(28-35-14-4-5-15-38(35)44)34-24-25-46-45(29-34)50-39-16-6-3-12-32(39)23-26-47(50)51-46/h1-30H/i7D,8D,9D,10D,17D,18D,19D,20D. The van der Waals surface area contributed by atoms with Gasteiger partial charge in [-0.25, -0.2) is 0 Å². The molecule has 11 rings (SSSR count). The Morgan fingerprint density at radius 2 is 0.922 bits per heavy atom. The van der Waals surface area contributed by atoms with Gasteiger partial charge < -0.3 is 4.42 Å². The van der Waals surface area contributed by atoms with Crippen molar-refractivity contribution >= 4 is 75.8 Å². The predicted molar refractivity (Wildman–Crippen MR) is 218 cm³/mol. The molecule has 1 nitrogen and oxygen atoms in total. The molecule has 0 atom stereocenters. The maximum Gasteiger partial charge on any atom is 0.136 e. The van der Waals surface area contributed by atoms with E-state index in [9.17, 15) is 5.48 Å². The van der Waals surface area contributed by atoms with Crippen molar-refractivity contribution in [2.45, 2.75) is 0 Å². The lowest BCUT2D eigenvalue weighted by molar-refractivity contribution is 0.669. The fourth-order valence-electron chi connectivity index (χ4n) is 7.94. The van der Waals surface area contributed by atoms with Gasteiger partial charge in [0.2, 0.25) is 0 Å². The second-order valence-electron chi connectivity index (χ2n) is 13.0. The first-order valence-corrected chi connectivity index (χ1v) is 16.9. The molecule has 0 unspecified atom stereocenters. The van der Waals surface area contributed by atoms with Crippen molar-refractivity contribution in [3.63, 3.8) is 0 Å². The molecule has 0 aliphatic carbocycles. The third-order valence-electron chi connectivity index (χ3n) is 10.2. The van der Waals surface area contributed by atoms with E-state index < -0.39 is 24.2 Å². The van der Waals surface area contributed by atoms with Crippen LogP contribution in [0.1, 0.15) is 11.0 Å². The zero-order valence-electron chi connectivity index (χ0n) is 35.1. The lowest BCUT2D eigenvalue weighted by atomic mass is 9.83. The number of fused-ring (bicyclic) bond motifs is 9. The second kappa shape index (κ2) is 10.9. The Morgan fingerprint density at radius 3 is 1.69 bits per heavy atom. The molecule has 0 saturated heterocycles. The van der Waals surface area contributed by atoms with Crippen LogP contribution >= 0.6 is 0 Å². The van der Waals surface area contributed by atoms with Gasteiger partial charge in [0.25, 0.3) is 0 Å². The van der Waals surface area contributed by atoms with Gasteiger partial charge in [-0.05, 0) is 124 Å². The molecular weight excluding hydrogens is 617 g/mol. The zero-order valence-corrected chi connectivity index (χ0v) is 27.1. The summed E-state index contributed by atoms with van der Waals surface area (Å²) in [6.45, 7) is 0. The summed E-state index contributed by atoms with van der Waals surface area (Å²) in [6.07, 6.45) is 0. The van der Waals surface area contributed by atoms with Crippen LogP contribution in [0.25, 0.3) is 109 Å². The van der Waals surface area contributed by atoms with Gasteiger partial charge in [0, 0.05) is 10.8 Å². The van der Waals surface area contributed by atoms with Crippen molar-refractivity contribution in [3.05, 3.63) is 182 Å². The molecule has 1 aromatic heterocycles. The van der Waals surface area contributed by atoms with E-state index >= 15 is 0 Å². The Kier molecular flexibility index (Phi) is 4.57. The van der Waals surface area contributed by atoms with Gasteiger partial charge in [0.05, 0.1) is 11.0 Å². The van der Waals surface area contributed by atoms with E-state index in [0.717, 1.165) is 65.4 Å². The van der Waals surface area contributed by atoms with E-state index in [4.69, 9.17) is 9.90 Å². The number of hydrogen-bond donors (Lipinski definition) is 0. The first kappa shape index (κ1) is 21.4. The van der Waals surface area contributed by atoms with Crippen LogP contribution in [0.4, 0.5) is 0 Å². The van der Waals surface area contributed by atoms with E-state index in [-0.39, 0.29) is 45.7 Å². The molecule has 0 aliphatic rings. The maximum atomic E-state index is 9.55. The molecule has 1 heterocycles. The molecule has 0 amide bonds. The lowest BCUT2D eigenvalue weighted by Crippen LogP contribution is -1.92. The van der Waals surface area contributed by atoms with E-state index in [1.54, 1.807) is 0 Å². The van der Waals surface area contributed by atoms with Gasteiger partial charge >= 0.3 is 0 Å². The summed E-state index contributed by atoms with van der Waals surface area (Å²) in [5, 5.41) is 8.32. The summed E-state index contributed by atoms with van der Waals surface area (Å²) < 4.78 is 80.1. The third-order valence-corrected chi connectivity index (χ3v) is 10.2. The molecule has 0 saturated carbocycles. The molecular formula is C50H30O. The molecule has 0 spiro atoms. The number of rotatable bonds is 3. The normalized spacial score (nSPS) is 14.1. The van der Waals surface area contributed by atoms with Gasteiger partial charge in [-0.2, -0.15) is 0 Å². The SMILES string of the molecule is [2H]c1c([2H])c([2H])c2c(-c3cc(-c4ccc5oc6ccc7ccccc7c6c5c4)cc4ccccc34)c3c([2H])c([2H])c([2H])c([2H])c3c(-c3ccc4ccccc4c3)c2c1[2H]. The maximum absolute atomic E-state index is 9.55. The zero-order chi connectivity index (χ0) is 40.4. The first-order chi connectivity index (χ1) is 28.6. The molecule has 0 fully saturated rings. The highest BCUT2D eigenvalue weighted by atomic mass is 16.3. The Morgan fingerprint density at radius 1 is 0.353 bits per heavy atom. The number of hydrogen-bond acceptors (Lipinski definition) is 1. The van der Waals surface area contributed by atoms with Crippen LogP contribution in [-0.2, 0) is 0 Å². The summed E-state index contributed by atoms with van der Waals surface area (Å²) in [7, 11) is 0. The predicted octanol–water partition coefficient (Wildman–Crippen LogP) is 14.4. The van der Waals surface area contributed by atoms with E-state index in [0.29, 0.717) is 22.3 Å². The van der Waals surface area contributed by atoms with Gasteiger partial charge in [-0.15, -0.1) is 0 Å². The Labute approximate surface area is 305 Å². The smallest absolute Gasteiger partial charge is 0.136 e. The Hall–Kier alpha value is -6.70. The summed E-state index contributed by atoms with van der Waals surface area (Å²) >= 11 is 0. The van der Waals surface area contributed by atoms with Crippen molar-refractivity contribution in [3.8, 4) is 33.4 Å². The molecule has 0 aliphatic heterocycles. The fourth-order valence-corrected chi connectivity index (χ4v) is 7.94. The van der Waals surface area contributed by atoms with Gasteiger partial charge in [-0.1, -0.05) is 145 Å². The van der Waals surface area contributed by atoms with E-state index in [1.807, 2.05) is 103 Å². The monoisotopic (exact) mass is 654 g/mol. The lowest BCUT2D eigenvalue weighted by Gasteiger charge is -2.20. The van der Waals surface area contributed by atoms with Crippen LogP contribution < -0.4 is 0 Å². The highest BCUT2D eigenvalue weighted by molar-refractivity contribution is 6.24.